The van der Waals surface area contributed by atoms with Crippen molar-refractivity contribution < 1.29 is 9.15 Å². The summed E-state index contributed by atoms with van der Waals surface area (Å²) in [5, 5.41) is 6.71. The molecule has 0 saturated carbocycles. The molecule has 1 aromatic carbocycles. The quantitative estimate of drug-likeness (QED) is 0.415. The minimum atomic E-state index is 0.604. The first-order valence-electron chi connectivity index (χ1n) is 7.98. The van der Waals surface area contributed by atoms with Gasteiger partial charge in [-0.3, -0.25) is 0 Å². The summed E-state index contributed by atoms with van der Waals surface area (Å²) in [5.74, 6) is 3.68. The molecular weight excluding hydrogens is 322 g/mol. The first kappa shape index (κ1) is 18.3. The van der Waals surface area contributed by atoms with Gasteiger partial charge < -0.3 is 19.8 Å². The zero-order chi connectivity index (χ0) is 17.0. The van der Waals surface area contributed by atoms with E-state index in [0.717, 1.165) is 48.3 Å². The highest BCUT2D eigenvalue weighted by molar-refractivity contribution is 7.98. The maximum Gasteiger partial charge on any atom is 0.191 e. The number of guanidine groups is 1. The summed E-state index contributed by atoms with van der Waals surface area (Å²) < 4.78 is 10.6. The van der Waals surface area contributed by atoms with E-state index in [1.165, 1.54) is 0 Å². The van der Waals surface area contributed by atoms with Gasteiger partial charge >= 0.3 is 0 Å². The Morgan fingerprint density at radius 3 is 2.83 bits per heavy atom. The normalized spacial score (nSPS) is 11.3. The van der Waals surface area contributed by atoms with Gasteiger partial charge in [-0.15, -0.1) is 0 Å². The van der Waals surface area contributed by atoms with Crippen molar-refractivity contribution in [3.8, 4) is 5.75 Å². The smallest absolute Gasteiger partial charge is 0.191 e. The van der Waals surface area contributed by atoms with Gasteiger partial charge in [0.15, 0.2) is 5.96 Å². The first-order valence-corrected chi connectivity index (χ1v) is 9.37. The van der Waals surface area contributed by atoms with Gasteiger partial charge in [-0.25, -0.2) is 4.99 Å². The van der Waals surface area contributed by atoms with Crippen LogP contribution < -0.4 is 15.4 Å². The SMILES string of the molecule is COc1cccc(CN=C(NCCSC)NCCc2ccco2)c1. The van der Waals surface area contributed by atoms with E-state index < -0.39 is 0 Å². The Morgan fingerprint density at radius 1 is 1.21 bits per heavy atom. The minimum Gasteiger partial charge on any atom is -0.497 e. The van der Waals surface area contributed by atoms with Crippen LogP contribution in [-0.4, -0.2) is 38.2 Å². The van der Waals surface area contributed by atoms with Gasteiger partial charge in [0.25, 0.3) is 0 Å². The van der Waals surface area contributed by atoms with Gasteiger partial charge in [-0.05, 0) is 36.1 Å². The van der Waals surface area contributed by atoms with Crippen LogP contribution in [0.1, 0.15) is 11.3 Å². The van der Waals surface area contributed by atoms with Crippen molar-refractivity contribution in [1.82, 2.24) is 10.6 Å². The van der Waals surface area contributed by atoms with Gasteiger partial charge in [-0.2, -0.15) is 11.8 Å². The highest BCUT2D eigenvalue weighted by atomic mass is 32.2. The molecule has 24 heavy (non-hydrogen) atoms. The zero-order valence-corrected chi connectivity index (χ0v) is 15.1. The van der Waals surface area contributed by atoms with Crippen molar-refractivity contribution in [2.24, 2.45) is 4.99 Å². The molecule has 2 N–H and O–H groups in total. The van der Waals surface area contributed by atoms with Crippen LogP contribution in [0.15, 0.2) is 52.1 Å². The predicted molar refractivity (Wildman–Crippen MR) is 101 cm³/mol. The largest absolute Gasteiger partial charge is 0.497 e. The maximum absolute atomic E-state index is 5.35. The third kappa shape index (κ3) is 6.58. The molecule has 0 atom stereocenters. The second kappa shape index (κ2) is 10.6. The zero-order valence-electron chi connectivity index (χ0n) is 14.2. The highest BCUT2D eigenvalue weighted by Crippen LogP contribution is 2.13. The summed E-state index contributed by atoms with van der Waals surface area (Å²) in [5.41, 5.74) is 1.12. The van der Waals surface area contributed by atoms with E-state index in [1.807, 2.05) is 48.2 Å². The lowest BCUT2D eigenvalue weighted by Gasteiger charge is -2.12. The van der Waals surface area contributed by atoms with Crippen LogP contribution in [0.5, 0.6) is 5.75 Å². The summed E-state index contributed by atoms with van der Waals surface area (Å²) in [6, 6.07) is 11.9. The summed E-state index contributed by atoms with van der Waals surface area (Å²) in [4.78, 5) is 4.66. The molecule has 0 aliphatic carbocycles. The molecule has 0 fully saturated rings. The van der Waals surface area contributed by atoms with E-state index in [2.05, 4.69) is 21.9 Å². The van der Waals surface area contributed by atoms with Crippen molar-refractivity contribution in [1.29, 1.82) is 0 Å². The Morgan fingerprint density at radius 2 is 2.08 bits per heavy atom. The molecule has 5 nitrogen and oxygen atoms in total. The maximum atomic E-state index is 5.35. The summed E-state index contributed by atoms with van der Waals surface area (Å²) >= 11 is 1.81. The standard InChI is InChI=1S/C18H25N3O2S/c1-22-17-6-3-5-15(13-17)14-21-18(20-10-12-24-2)19-9-8-16-7-4-11-23-16/h3-7,11,13H,8-10,12,14H2,1-2H3,(H2,19,20,21). The molecule has 2 rings (SSSR count). The Labute approximate surface area is 147 Å². The third-order valence-corrected chi connectivity index (χ3v) is 4.01. The molecular formula is C18H25N3O2S. The average molecular weight is 347 g/mol. The molecule has 0 radical (unpaired) electrons. The van der Waals surface area contributed by atoms with Crippen molar-refractivity contribution >= 4 is 17.7 Å². The fourth-order valence-electron chi connectivity index (χ4n) is 2.15. The topological polar surface area (TPSA) is 58.8 Å². The number of furan rings is 1. The average Bonchev–Trinajstić information content (AvgIpc) is 3.13. The molecule has 0 amide bonds. The Hall–Kier alpha value is -2.08. The van der Waals surface area contributed by atoms with Crippen molar-refractivity contribution in [2.75, 3.05) is 32.2 Å². The van der Waals surface area contributed by atoms with Gasteiger partial charge in [0.1, 0.15) is 11.5 Å². The Balaban J connectivity index is 1.89. The fraction of sp³-hybridized carbons (Fsp3) is 0.389. The lowest BCUT2D eigenvalue weighted by atomic mass is 10.2. The number of hydrogen-bond acceptors (Lipinski definition) is 4. The van der Waals surface area contributed by atoms with Crippen LogP contribution >= 0.6 is 11.8 Å². The lowest BCUT2D eigenvalue weighted by molar-refractivity contribution is 0.414. The number of methoxy groups -OCH3 is 1. The van der Waals surface area contributed by atoms with Crippen LogP contribution in [0, 0.1) is 0 Å². The lowest BCUT2D eigenvalue weighted by Crippen LogP contribution is -2.39. The highest BCUT2D eigenvalue weighted by Gasteiger charge is 2.01. The molecule has 1 heterocycles. The molecule has 1 aromatic heterocycles. The molecule has 0 unspecified atom stereocenters. The number of nitrogens with one attached hydrogen (secondary N) is 2. The van der Waals surface area contributed by atoms with E-state index in [0.29, 0.717) is 6.54 Å². The minimum absolute atomic E-state index is 0.604. The van der Waals surface area contributed by atoms with Crippen molar-refractivity contribution in [3.05, 3.63) is 54.0 Å². The second-order valence-electron chi connectivity index (χ2n) is 5.19. The number of benzene rings is 1. The van der Waals surface area contributed by atoms with Crippen LogP contribution in [0.2, 0.25) is 0 Å². The number of hydrogen-bond donors (Lipinski definition) is 2. The number of ether oxygens (including phenoxy) is 1. The molecule has 0 spiro atoms. The predicted octanol–water partition coefficient (Wildman–Crippen LogP) is 2.93. The van der Waals surface area contributed by atoms with E-state index in [4.69, 9.17) is 9.15 Å². The van der Waals surface area contributed by atoms with Crippen LogP contribution in [0.25, 0.3) is 0 Å². The molecule has 0 bridgehead atoms. The van der Waals surface area contributed by atoms with Crippen LogP contribution in [0.4, 0.5) is 0 Å². The van der Waals surface area contributed by atoms with Gasteiger partial charge in [0, 0.05) is 25.3 Å². The van der Waals surface area contributed by atoms with Crippen molar-refractivity contribution in [2.45, 2.75) is 13.0 Å². The number of aliphatic imine (C=N–C) groups is 1. The molecule has 2 aromatic rings. The summed E-state index contributed by atoms with van der Waals surface area (Å²) in [7, 11) is 1.67. The number of thioether (sulfide) groups is 1. The van der Waals surface area contributed by atoms with E-state index in [1.54, 1.807) is 13.4 Å². The molecule has 0 aliphatic heterocycles. The number of rotatable bonds is 9. The fourth-order valence-corrected chi connectivity index (χ4v) is 2.45. The monoisotopic (exact) mass is 347 g/mol. The van der Waals surface area contributed by atoms with Crippen molar-refractivity contribution in [3.63, 3.8) is 0 Å². The van der Waals surface area contributed by atoms with E-state index in [9.17, 15) is 0 Å². The third-order valence-electron chi connectivity index (χ3n) is 3.40. The molecule has 6 heteroatoms. The number of nitrogens with zero attached hydrogens (tertiary/aromatic N) is 1. The summed E-state index contributed by atoms with van der Waals surface area (Å²) in [6.45, 7) is 2.26. The Bertz CT molecular complexity index is 614. The second-order valence-corrected chi connectivity index (χ2v) is 6.18. The van der Waals surface area contributed by atoms with E-state index >= 15 is 0 Å². The molecule has 130 valence electrons. The first-order chi connectivity index (χ1) is 11.8. The van der Waals surface area contributed by atoms with Crippen LogP contribution in [0.3, 0.4) is 0 Å². The van der Waals surface area contributed by atoms with E-state index in [-0.39, 0.29) is 0 Å². The van der Waals surface area contributed by atoms with Crippen LogP contribution in [-0.2, 0) is 13.0 Å². The molecule has 0 aliphatic rings. The summed E-state index contributed by atoms with van der Waals surface area (Å²) in [6.07, 6.45) is 4.62. The van der Waals surface area contributed by atoms with Gasteiger partial charge in [0.05, 0.1) is 19.9 Å². The molecule has 0 saturated heterocycles. The van der Waals surface area contributed by atoms with Gasteiger partial charge in [0.2, 0.25) is 0 Å². The van der Waals surface area contributed by atoms with Gasteiger partial charge in [-0.1, -0.05) is 12.1 Å². The Kier molecular flexibility index (Phi) is 8.10.